The Balaban J connectivity index is 2.49. The number of carbonyl (C=O) groups excluding carboxylic acids is 1. The average Bonchev–Trinajstić information content (AvgIpc) is 2.60. The molecular weight excluding hydrogens is 358 g/mol. The van der Waals surface area contributed by atoms with E-state index in [1.807, 2.05) is 0 Å². The zero-order chi connectivity index (χ0) is 19.9. The summed E-state index contributed by atoms with van der Waals surface area (Å²) in [5, 5.41) is 84.0. The summed E-state index contributed by atoms with van der Waals surface area (Å²) in [4.78, 5) is 11.3. The second-order valence-corrected chi connectivity index (χ2v) is 6.55. The van der Waals surface area contributed by atoms with E-state index in [1.165, 1.54) is 0 Å². The highest BCUT2D eigenvalue weighted by atomic mass is 16.6. The summed E-state index contributed by atoms with van der Waals surface area (Å²) in [6.07, 6.45) is -11.9. The Bertz CT molecular complexity index is 521. The van der Waals surface area contributed by atoms with Crippen molar-refractivity contribution in [2.24, 2.45) is 0 Å². The summed E-state index contributed by atoms with van der Waals surface area (Å²) in [7, 11) is 0. The second-order valence-electron chi connectivity index (χ2n) is 6.55. The van der Waals surface area contributed by atoms with Crippen LogP contribution in [0.3, 0.4) is 0 Å². The number of carbonyl (C=O) groups is 1. The zero-order valence-corrected chi connectivity index (χ0v) is 14.0. The first-order valence-corrected chi connectivity index (χ1v) is 7.98. The van der Waals surface area contributed by atoms with Crippen molar-refractivity contribution >= 4 is 5.91 Å². The van der Waals surface area contributed by atoms with Gasteiger partial charge in [0.05, 0.1) is 25.9 Å². The van der Waals surface area contributed by atoms with E-state index in [9.17, 15) is 40.5 Å². The van der Waals surface area contributed by atoms with Crippen LogP contribution in [0.2, 0.25) is 0 Å². The Hall–Kier alpha value is -0.930. The first-order valence-electron chi connectivity index (χ1n) is 7.98. The topological polar surface area (TPSA) is 209 Å². The predicted octanol–water partition coefficient (Wildman–Crippen LogP) is -5.86. The van der Waals surface area contributed by atoms with Crippen molar-refractivity contribution in [3.8, 4) is 0 Å². The summed E-state index contributed by atoms with van der Waals surface area (Å²) in [5.41, 5.74) is -6.10. The lowest BCUT2D eigenvalue weighted by atomic mass is 9.65. The molecule has 9 N–H and O–H groups in total. The first kappa shape index (κ1) is 21.4. The van der Waals surface area contributed by atoms with Gasteiger partial charge in [0.2, 0.25) is 5.91 Å². The van der Waals surface area contributed by atoms with Crippen molar-refractivity contribution in [2.45, 2.75) is 61.0 Å². The molecule has 2 aliphatic heterocycles. The summed E-state index contributed by atoms with van der Waals surface area (Å²) in [5.74, 6) is -0.601. The van der Waals surface area contributed by atoms with Crippen molar-refractivity contribution in [1.29, 1.82) is 0 Å². The van der Waals surface area contributed by atoms with Crippen LogP contribution in [-0.2, 0) is 14.3 Å². The molecule has 0 aliphatic carbocycles. The minimum atomic E-state index is -3.14. The van der Waals surface area contributed by atoms with Crippen LogP contribution in [-0.4, -0.2) is 121 Å². The van der Waals surface area contributed by atoms with Gasteiger partial charge in [0.1, 0.15) is 30.5 Å². The van der Waals surface area contributed by atoms with Gasteiger partial charge in [-0.05, 0) is 0 Å². The molecule has 1 amide bonds. The summed E-state index contributed by atoms with van der Waals surface area (Å²) < 4.78 is 10.0. The second kappa shape index (κ2) is 7.59. The maximum Gasteiger partial charge on any atom is 0.217 e. The molecule has 0 aromatic heterocycles. The Kier molecular flexibility index (Phi) is 6.24. The van der Waals surface area contributed by atoms with E-state index in [1.54, 1.807) is 0 Å². The third-order valence-electron chi connectivity index (χ3n) is 5.01. The van der Waals surface area contributed by atoms with E-state index in [2.05, 4.69) is 5.32 Å². The van der Waals surface area contributed by atoms with Gasteiger partial charge in [0.25, 0.3) is 0 Å². The fourth-order valence-corrected chi connectivity index (χ4v) is 3.55. The number of nitrogens with one attached hydrogen (secondary N) is 1. The Labute approximate surface area is 148 Å². The minimum absolute atomic E-state index is 0.348. The van der Waals surface area contributed by atoms with Crippen LogP contribution in [0.5, 0.6) is 0 Å². The smallest absolute Gasteiger partial charge is 0.217 e. The molecule has 9 atom stereocenters. The lowest BCUT2D eigenvalue weighted by Gasteiger charge is -2.58. The van der Waals surface area contributed by atoms with Crippen LogP contribution < -0.4 is 5.32 Å². The normalized spacial score (nSPS) is 49.7. The van der Waals surface area contributed by atoms with E-state index >= 15 is 0 Å². The number of hydrogen-bond acceptors (Lipinski definition) is 11. The maximum atomic E-state index is 11.3. The third-order valence-corrected chi connectivity index (χ3v) is 5.01. The molecule has 2 aliphatic rings. The van der Waals surface area contributed by atoms with E-state index in [-0.39, 0.29) is 6.61 Å². The molecule has 0 aromatic rings. The molecule has 12 nitrogen and oxygen atoms in total. The Morgan fingerprint density at radius 2 is 1.69 bits per heavy atom. The van der Waals surface area contributed by atoms with E-state index in [0.717, 1.165) is 6.92 Å². The minimum Gasteiger partial charge on any atom is -0.394 e. The number of rotatable bonds is 4. The fraction of sp³-hybridized carbons (Fsp3) is 0.929. The molecule has 0 unspecified atom stereocenters. The van der Waals surface area contributed by atoms with Crippen molar-refractivity contribution < 1.29 is 55.1 Å². The predicted molar refractivity (Wildman–Crippen MR) is 80.3 cm³/mol. The highest BCUT2D eigenvalue weighted by Gasteiger charge is 2.72. The maximum absolute atomic E-state index is 11.3. The van der Waals surface area contributed by atoms with Crippen LogP contribution in [0.15, 0.2) is 0 Å². The quantitative estimate of drug-likeness (QED) is 0.223. The van der Waals surface area contributed by atoms with Gasteiger partial charge in [-0.25, -0.2) is 0 Å². The zero-order valence-electron chi connectivity index (χ0n) is 14.0. The van der Waals surface area contributed by atoms with Gasteiger partial charge >= 0.3 is 0 Å². The molecule has 2 rings (SSSR count). The standard InChI is InChI=1S/C14H25NO11/c1-5(18)15-6-4-25-8(3-17)13(23,10(6)20)14(24)11(21)9(19)7(2-16)26-12(14)22/h6-12,16-17,19-24H,2-4H2,1H3,(H,15,18)/t6-,7-,8-,9+,10-,11+,12+,13-,14-/m1/s1. The van der Waals surface area contributed by atoms with Crippen LogP contribution in [0.1, 0.15) is 6.92 Å². The van der Waals surface area contributed by atoms with Crippen LogP contribution in [0, 0.1) is 0 Å². The molecule has 0 aromatic carbocycles. The molecule has 12 heteroatoms. The van der Waals surface area contributed by atoms with Gasteiger partial charge in [-0.1, -0.05) is 0 Å². The largest absolute Gasteiger partial charge is 0.394 e. The van der Waals surface area contributed by atoms with Gasteiger partial charge in [-0.15, -0.1) is 0 Å². The lowest BCUT2D eigenvalue weighted by Crippen LogP contribution is -2.84. The Morgan fingerprint density at radius 1 is 1.08 bits per heavy atom. The molecule has 26 heavy (non-hydrogen) atoms. The number of aliphatic hydroxyl groups excluding tert-OH is 6. The molecule has 2 fully saturated rings. The van der Waals surface area contributed by atoms with Crippen molar-refractivity contribution in [3.63, 3.8) is 0 Å². The van der Waals surface area contributed by atoms with Crippen LogP contribution in [0.4, 0.5) is 0 Å². The van der Waals surface area contributed by atoms with Gasteiger partial charge in [-0.3, -0.25) is 4.79 Å². The van der Waals surface area contributed by atoms with Crippen molar-refractivity contribution in [3.05, 3.63) is 0 Å². The van der Waals surface area contributed by atoms with Crippen LogP contribution in [0.25, 0.3) is 0 Å². The summed E-state index contributed by atoms with van der Waals surface area (Å²) in [6.45, 7) is -0.983. The molecule has 0 spiro atoms. The monoisotopic (exact) mass is 383 g/mol. The van der Waals surface area contributed by atoms with Gasteiger partial charge in [0.15, 0.2) is 17.5 Å². The highest BCUT2D eigenvalue weighted by Crippen LogP contribution is 2.44. The molecule has 2 saturated heterocycles. The van der Waals surface area contributed by atoms with E-state index in [0.29, 0.717) is 0 Å². The van der Waals surface area contributed by atoms with E-state index < -0.39 is 73.2 Å². The molecule has 2 heterocycles. The van der Waals surface area contributed by atoms with Crippen molar-refractivity contribution in [2.75, 3.05) is 19.8 Å². The average molecular weight is 383 g/mol. The number of hydrogen-bond donors (Lipinski definition) is 9. The molecule has 0 bridgehead atoms. The third kappa shape index (κ3) is 3.01. The highest BCUT2D eigenvalue weighted by molar-refractivity contribution is 5.73. The Morgan fingerprint density at radius 3 is 2.19 bits per heavy atom. The molecule has 0 saturated carbocycles. The SMILES string of the molecule is CC(=O)N[C@@H]1CO[C@H](CO)[C@](O)([C@]2(O)[C@@H](O)O[C@H](CO)[C@H](O)[C@@H]2O)[C@@H]1O. The molecule has 0 radical (unpaired) electrons. The first-order chi connectivity index (χ1) is 12.0. The molecule has 152 valence electrons. The number of aliphatic hydroxyl groups is 8. The number of ether oxygens (including phenoxy) is 2. The van der Waals surface area contributed by atoms with Crippen molar-refractivity contribution in [1.82, 2.24) is 5.32 Å². The lowest BCUT2D eigenvalue weighted by molar-refractivity contribution is -0.402. The van der Waals surface area contributed by atoms with E-state index in [4.69, 9.17) is 14.6 Å². The summed E-state index contributed by atoms with van der Waals surface area (Å²) >= 11 is 0. The van der Waals surface area contributed by atoms with Gasteiger partial charge in [-0.2, -0.15) is 0 Å². The fourth-order valence-electron chi connectivity index (χ4n) is 3.55. The summed E-state index contributed by atoms with van der Waals surface area (Å²) in [6, 6.07) is -1.27. The number of amides is 1. The van der Waals surface area contributed by atoms with Gasteiger partial charge < -0.3 is 55.6 Å². The van der Waals surface area contributed by atoms with Gasteiger partial charge in [0, 0.05) is 6.92 Å². The molecular formula is C14H25NO11. The van der Waals surface area contributed by atoms with Crippen LogP contribution >= 0.6 is 0 Å².